The maximum absolute atomic E-state index is 12.0. The highest BCUT2D eigenvalue weighted by molar-refractivity contribution is 7.12. The SMILES string of the molecule is COC(=O)c1scc(C)c1NC(=O)CC1CCCN1. The highest BCUT2D eigenvalue weighted by Crippen LogP contribution is 2.28. The quantitative estimate of drug-likeness (QED) is 0.828. The van der Waals surface area contributed by atoms with Gasteiger partial charge in [0.1, 0.15) is 4.88 Å². The maximum Gasteiger partial charge on any atom is 0.350 e. The number of thiophene rings is 1. The van der Waals surface area contributed by atoms with Crippen LogP contribution in [0.2, 0.25) is 0 Å². The molecule has 1 aromatic heterocycles. The first-order valence-corrected chi connectivity index (χ1v) is 7.19. The second-order valence-corrected chi connectivity index (χ2v) is 5.54. The van der Waals surface area contributed by atoms with Crippen LogP contribution >= 0.6 is 11.3 Å². The van der Waals surface area contributed by atoms with Crippen molar-refractivity contribution in [1.82, 2.24) is 5.32 Å². The summed E-state index contributed by atoms with van der Waals surface area (Å²) in [5.74, 6) is -0.474. The monoisotopic (exact) mass is 282 g/mol. The Balaban J connectivity index is 2.03. The molecule has 0 aromatic carbocycles. The van der Waals surface area contributed by atoms with E-state index in [0.717, 1.165) is 24.9 Å². The van der Waals surface area contributed by atoms with Crippen LogP contribution in [0.5, 0.6) is 0 Å². The lowest BCUT2D eigenvalue weighted by molar-refractivity contribution is -0.116. The van der Waals surface area contributed by atoms with Crippen molar-refractivity contribution >= 4 is 28.9 Å². The number of rotatable bonds is 4. The van der Waals surface area contributed by atoms with Crippen molar-refractivity contribution < 1.29 is 14.3 Å². The molecule has 0 radical (unpaired) electrons. The lowest BCUT2D eigenvalue weighted by Crippen LogP contribution is -2.27. The maximum atomic E-state index is 12.0. The number of esters is 1. The number of carbonyl (C=O) groups is 2. The van der Waals surface area contributed by atoms with Gasteiger partial charge in [0.2, 0.25) is 5.91 Å². The fourth-order valence-electron chi connectivity index (χ4n) is 2.19. The highest BCUT2D eigenvalue weighted by atomic mass is 32.1. The molecule has 2 heterocycles. The van der Waals surface area contributed by atoms with Crippen molar-refractivity contribution in [2.45, 2.75) is 32.2 Å². The third-order valence-electron chi connectivity index (χ3n) is 3.20. The lowest BCUT2D eigenvalue weighted by atomic mass is 10.1. The second-order valence-electron chi connectivity index (χ2n) is 4.66. The molecule has 1 aliphatic heterocycles. The average Bonchev–Trinajstić information content (AvgIpc) is 3.00. The van der Waals surface area contributed by atoms with Gasteiger partial charge in [0, 0.05) is 12.5 Å². The van der Waals surface area contributed by atoms with Crippen LogP contribution in [-0.2, 0) is 9.53 Å². The Bertz CT molecular complexity index is 478. The van der Waals surface area contributed by atoms with Gasteiger partial charge in [0.15, 0.2) is 0 Å². The number of hydrogen-bond donors (Lipinski definition) is 2. The molecule has 1 saturated heterocycles. The van der Waals surface area contributed by atoms with Gasteiger partial charge in [-0.3, -0.25) is 4.79 Å². The van der Waals surface area contributed by atoms with Crippen molar-refractivity contribution in [1.29, 1.82) is 0 Å². The summed E-state index contributed by atoms with van der Waals surface area (Å²) in [6.07, 6.45) is 2.58. The van der Waals surface area contributed by atoms with Gasteiger partial charge >= 0.3 is 5.97 Å². The highest BCUT2D eigenvalue weighted by Gasteiger charge is 2.21. The average molecular weight is 282 g/mol. The first kappa shape index (κ1) is 14.0. The summed E-state index contributed by atoms with van der Waals surface area (Å²) >= 11 is 1.29. The number of methoxy groups -OCH3 is 1. The smallest absolute Gasteiger partial charge is 0.350 e. The zero-order valence-corrected chi connectivity index (χ0v) is 11.9. The summed E-state index contributed by atoms with van der Waals surface area (Å²) in [6.45, 7) is 2.84. The van der Waals surface area contributed by atoms with E-state index in [1.54, 1.807) is 0 Å². The molecule has 1 amide bonds. The van der Waals surface area contributed by atoms with E-state index in [1.165, 1.54) is 18.4 Å². The van der Waals surface area contributed by atoms with E-state index < -0.39 is 5.97 Å². The normalized spacial score (nSPS) is 18.3. The summed E-state index contributed by atoms with van der Waals surface area (Å²) in [4.78, 5) is 24.0. The van der Waals surface area contributed by atoms with Gasteiger partial charge in [-0.1, -0.05) is 0 Å². The molecule has 2 rings (SSSR count). The van der Waals surface area contributed by atoms with Crippen LogP contribution in [0.3, 0.4) is 0 Å². The number of hydrogen-bond acceptors (Lipinski definition) is 5. The minimum absolute atomic E-state index is 0.0638. The van der Waals surface area contributed by atoms with Crippen molar-refractivity contribution in [3.8, 4) is 0 Å². The number of amides is 1. The standard InChI is InChI=1S/C13H18N2O3S/c1-8-7-19-12(13(17)18-2)11(8)15-10(16)6-9-4-3-5-14-9/h7,9,14H,3-6H2,1-2H3,(H,15,16). The molecule has 1 aliphatic rings. The molecule has 0 saturated carbocycles. The summed E-state index contributed by atoms with van der Waals surface area (Å²) in [5, 5.41) is 7.95. The zero-order valence-electron chi connectivity index (χ0n) is 11.1. The zero-order chi connectivity index (χ0) is 13.8. The Kier molecular flexibility index (Phi) is 4.55. The van der Waals surface area contributed by atoms with Crippen LogP contribution < -0.4 is 10.6 Å². The number of ether oxygens (including phenoxy) is 1. The minimum Gasteiger partial charge on any atom is -0.465 e. The third-order valence-corrected chi connectivity index (χ3v) is 4.28. The fourth-order valence-corrected chi connectivity index (χ4v) is 3.11. The van der Waals surface area contributed by atoms with E-state index in [2.05, 4.69) is 10.6 Å². The van der Waals surface area contributed by atoms with Gasteiger partial charge < -0.3 is 15.4 Å². The van der Waals surface area contributed by atoms with Gasteiger partial charge in [-0.15, -0.1) is 11.3 Å². The fraction of sp³-hybridized carbons (Fsp3) is 0.538. The summed E-state index contributed by atoms with van der Waals surface area (Å²) in [5.41, 5.74) is 1.47. The largest absolute Gasteiger partial charge is 0.465 e. The molecule has 19 heavy (non-hydrogen) atoms. The summed E-state index contributed by atoms with van der Waals surface area (Å²) in [6, 6.07) is 0.250. The van der Waals surface area contributed by atoms with Gasteiger partial charge in [0.25, 0.3) is 0 Å². The predicted octanol–water partition coefficient (Wildman–Crippen LogP) is 1.92. The Morgan fingerprint density at radius 2 is 2.37 bits per heavy atom. The Hall–Kier alpha value is -1.40. The number of anilines is 1. The van der Waals surface area contributed by atoms with Gasteiger partial charge in [-0.05, 0) is 37.3 Å². The summed E-state index contributed by atoms with van der Waals surface area (Å²) in [7, 11) is 1.34. The van der Waals surface area contributed by atoms with Gasteiger partial charge in [0.05, 0.1) is 12.8 Å². The Morgan fingerprint density at radius 3 is 3.00 bits per heavy atom. The van der Waals surface area contributed by atoms with Crippen LogP contribution in [-0.4, -0.2) is 31.6 Å². The predicted molar refractivity (Wildman–Crippen MR) is 74.7 cm³/mol. The molecule has 0 aliphatic carbocycles. The molecule has 6 heteroatoms. The van der Waals surface area contributed by atoms with Crippen molar-refractivity contribution in [2.24, 2.45) is 0 Å². The Morgan fingerprint density at radius 1 is 1.58 bits per heavy atom. The van der Waals surface area contributed by atoms with Gasteiger partial charge in [-0.25, -0.2) is 4.79 Å². The Labute approximate surface area is 116 Å². The number of nitrogens with one attached hydrogen (secondary N) is 2. The van der Waals surface area contributed by atoms with Crippen LogP contribution in [0.15, 0.2) is 5.38 Å². The first-order valence-electron chi connectivity index (χ1n) is 6.31. The van der Waals surface area contributed by atoms with E-state index in [9.17, 15) is 9.59 Å². The van der Waals surface area contributed by atoms with Crippen LogP contribution in [0.25, 0.3) is 0 Å². The summed E-state index contributed by atoms with van der Waals surface area (Å²) < 4.78 is 4.71. The molecule has 1 unspecified atom stereocenters. The lowest BCUT2D eigenvalue weighted by Gasteiger charge is -2.11. The van der Waals surface area contributed by atoms with Gasteiger partial charge in [-0.2, -0.15) is 0 Å². The molecular weight excluding hydrogens is 264 g/mol. The number of aryl methyl sites for hydroxylation is 1. The third kappa shape index (κ3) is 3.33. The molecule has 1 aromatic rings. The first-order chi connectivity index (χ1) is 9.11. The molecule has 104 valence electrons. The molecule has 0 bridgehead atoms. The van der Waals surface area contributed by atoms with Crippen LogP contribution in [0.1, 0.15) is 34.5 Å². The van der Waals surface area contributed by atoms with E-state index in [0.29, 0.717) is 17.0 Å². The second kappa shape index (κ2) is 6.16. The van der Waals surface area contributed by atoms with Crippen molar-refractivity contribution in [2.75, 3.05) is 19.0 Å². The van der Waals surface area contributed by atoms with E-state index in [4.69, 9.17) is 4.74 Å². The van der Waals surface area contributed by atoms with E-state index in [1.807, 2.05) is 12.3 Å². The topological polar surface area (TPSA) is 67.4 Å². The van der Waals surface area contributed by atoms with E-state index >= 15 is 0 Å². The van der Waals surface area contributed by atoms with Crippen LogP contribution in [0.4, 0.5) is 5.69 Å². The van der Waals surface area contributed by atoms with Crippen molar-refractivity contribution in [3.05, 3.63) is 15.8 Å². The molecule has 2 N–H and O–H groups in total. The minimum atomic E-state index is -0.410. The van der Waals surface area contributed by atoms with Crippen LogP contribution in [0, 0.1) is 6.92 Å². The molecule has 5 nitrogen and oxygen atoms in total. The van der Waals surface area contributed by atoms with E-state index in [-0.39, 0.29) is 11.9 Å². The molecule has 1 atom stereocenters. The molecular formula is C13H18N2O3S. The number of carbonyl (C=O) groups excluding carboxylic acids is 2. The molecule has 1 fully saturated rings. The van der Waals surface area contributed by atoms with Crippen molar-refractivity contribution in [3.63, 3.8) is 0 Å². The molecule has 0 spiro atoms.